The number of carbonyl (C=O) groups excluding carboxylic acids is 1. The maximum atomic E-state index is 11.3. The zero-order valence-electron chi connectivity index (χ0n) is 7.49. The van der Waals surface area contributed by atoms with Crippen molar-refractivity contribution < 1.29 is 4.79 Å². The second-order valence-electron chi connectivity index (χ2n) is 2.94. The van der Waals surface area contributed by atoms with Gasteiger partial charge in [0, 0.05) is 0 Å². The number of allylic oxidation sites excluding steroid dienone is 2. The zero-order chi connectivity index (χ0) is 8.81. The lowest BCUT2D eigenvalue weighted by molar-refractivity contribution is -0.107. The molecule has 2 heteroatoms. The molecule has 0 N–H and O–H groups in total. The molecule has 0 aliphatic carbocycles. The van der Waals surface area contributed by atoms with Crippen LogP contribution < -0.4 is 0 Å². The molecule has 0 aromatic rings. The monoisotopic (exact) mass is 184 g/mol. The lowest BCUT2D eigenvalue weighted by atomic mass is 10.3. The molecule has 0 bridgehead atoms. The van der Waals surface area contributed by atoms with Crippen molar-refractivity contribution in [2.75, 3.05) is 5.75 Å². The van der Waals surface area contributed by atoms with Crippen LogP contribution in [0.2, 0.25) is 0 Å². The van der Waals surface area contributed by atoms with E-state index >= 15 is 0 Å². The van der Waals surface area contributed by atoms with Crippen molar-refractivity contribution in [2.45, 2.75) is 26.2 Å². The minimum Gasteiger partial charge on any atom is -0.284 e. The van der Waals surface area contributed by atoms with Crippen molar-refractivity contribution in [3.05, 3.63) is 23.6 Å². The van der Waals surface area contributed by atoms with Crippen LogP contribution in [0.25, 0.3) is 0 Å². The van der Waals surface area contributed by atoms with Gasteiger partial charge < -0.3 is 0 Å². The molecule has 0 saturated carbocycles. The van der Waals surface area contributed by atoms with Crippen molar-refractivity contribution in [2.24, 2.45) is 0 Å². The van der Waals surface area contributed by atoms with E-state index in [1.165, 1.54) is 19.3 Å². The average Bonchev–Trinajstić information content (AvgIpc) is 2.09. The molecule has 1 aliphatic heterocycles. The van der Waals surface area contributed by atoms with E-state index in [2.05, 4.69) is 12.3 Å². The highest BCUT2D eigenvalue weighted by Crippen LogP contribution is 2.32. The number of carbonyl (C=O) groups is 1. The van der Waals surface area contributed by atoms with Crippen LogP contribution in [0.3, 0.4) is 0 Å². The van der Waals surface area contributed by atoms with Gasteiger partial charge in [0.15, 0.2) is 5.12 Å². The Balaban J connectivity index is 2.28. The van der Waals surface area contributed by atoms with Gasteiger partial charge in [-0.05, 0) is 23.7 Å². The number of unbranched alkanes of at least 4 members (excludes halogenated alkanes) is 2. The van der Waals surface area contributed by atoms with E-state index in [4.69, 9.17) is 0 Å². The third-order valence-electron chi connectivity index (χ3n) is 1.90. The van der Waals surface area contributed by atoms with E-state index in [9.17, 15) is 4.79 Å². The number of thiol groups is 1. The van der Waals surface area contributed by atoms with E-state index in [0.717, 1.165) is 5.75 Å². The molecule has 0 spiro atoms. The van der Waals surface area contributed by atoms with Crippen molar-refractivity contribution in [3.8, 4) is 0 Å². The minimum absolute atomic E-state index is 0.337. The standard InChI is InChI=1S/C10H16OS/c1-2-3-5-8-12-9-6-4-7-10(12)11/h4,6-7,9,12H,2-3,5,8H2,1H3. The minimum atomic E-state index is -0.451. The van der Waals surface area contributed by atoms with Crippen LogP contribution >= 0.6 is 10.9 Å². The Kier molecular flexibility index (Phi) is 4.15. The predicted octanol–water partition coefficient (Wildman–Crippen LogP) is 2.79. The molecule has 12 heavy (non-hydrogen) atoms. The molecule has 0 saturated heterocycles. The Morgan fingerprint density at radius 1 is 1.33 bits per heavy atom. The lowest BCUT2D eigenvalue weighted by Gasteiger charge is -2.15. The summed E-state index contributed by atoms with van der Waals surface area (Å²) in [6.45, 7) is 2.19. The fourth-order valence-corrected chi connectivity index (χ4v) is 2.84. The summed E-state index contributed by atoms with van der Waals surface area (Å²) in [5.74, 6) is 1.09. The Hall–Kier alpha value is -0.500. The summed E-state index contributed by atoms with van der Waals surface area (Å²) in [5.41, 5.74) is 0. The maximum absolute atomic E-state index is 11.3. The molecule has 68 valence electrons. The van der Waals surface area contributed by atoms with Gasteiger partial charge in [0.1, 0.15) is 0 Å². The van der Waals surface area contributed by atoms with E-state index in [0.29, 0.717) is 5.12 Å². The van der Waals surface area contributed by atoms with Crippen LogP contribution in [-0.4, -0.2) is 10.9 Å². The predicted molar refractivity (Wildman–Crippen MR) is 56.7 cm³/mol. The summed E-state index contributed by atoms with van der Waals surface area (Å²) in [5, 5.41) is 2.41. The third kappa shape index (κ3) is 2.86. The molecule has 1 rings (SSSR count). The van der Waals surface area contributed by atoms with Gasteiger partial charge in [0.25, 0.3) is 0 Å². The molecule has 0 fully saturated rings. The van der Waals surface area contributed by atoms with Crippen LogP contribution in [0.1, 0.15) is 26.2 Å². The van der Waals surface area contributed by atoms with Gasteiger partial charge >= 0.3 is 0 Å². The summed E-state index contributed by atoms with van der Waals surface area (Å²) in [4.78, 5) is 11.3. The topological polar surface area (TPSA) is 17.1 Å². The van der Waals surface area contributed by atoms with E-state index in [-0.39, 0.29) is 0 Å². The van der Waals surface area contributed by atoms with Gasteiger partial charge in [-0.3, -0.25) is 4.79 Å². The van der Waals surface area contributed by atoms with Gasteiger partial charge in [-0.15, -0.1) is 0 Å². The van der Waals surface area contributed by atoms with Crippen LogP contribution in [0.4, 0.5) is 0 Å². The smallest absolute Gasteiger partial charge is 0.196 e. The molecule has 0 radical (unpaired) electrons. The van der Waals surface area contributed by atoms with E-state index in [1.807, 2.05) is 12.2 Å². The first-order valence-corrected chi connectivity index (χ1v) is 6.09. The Bertz CT molecular complexity index is 206. The van der Waals surface area contributed by atoms with E-state index < -0.39 is 10.9 Å². The van der Waals surface area contributed by atoms with Gasteiger partial charge in [-0.1, -0.05) is 31.9 Å². The highest BCUT2D eigenvalue weighted by Gasteiger charge is 2.08. The number of hydrogen-bond acceptors (Lipinski definition) is 1. The molecule has 0 aromatic heterocycles. The van der Waals surface area contributed by atoms with Gasteiger partial charge in [0.2, 0.25) is 0 Å². The van der Waals surface area contributed by atoms with Crippen LogP contribution in [0.5, 0.6) is 0 Å². The largest absolute Gasteiger partial charge is 0.284 e. The normalized spacial score (nSPS) is 24.8. The summed E-state index contributed by atoms with van der Waals surface area (Å²) in [7, 11) is -0.451. The first-order valence-electron chi connectivity index (χ1n) is 4.50. The first kappa shape index (κ1) is 9.59. The highest BCUT2D eigenvalue weighted by molar-refractivity contribution is 8.32. The fourth-order valence-electron chi connectivity index (χ4n) is 1.18. The third-order valence-corrected chi connectivity index (χ3v) is 3.95. The van der Waals surface area contributed by atoms with Gasteiger partial charge in [0.05, 0.1) is 0 Å². The van der Waals surface area contributed by atoms with Crippen molar-refractivity contribution >= 4 is 16.0 Å². The molecule has 1 atom stereocenters. The number of hydrogen-bond donors (Lipinski definition) is 1. The van der Waals surface area contributed by atoms with Crippen LogP contribution in [0.15, 0.2) is 23.6 Å². The quantitative estimate of drug-likeness (QED) is 0.525. The van der Waals surface area contributed by atoms with Crippen molar-refractivity contribution in [1.29, 1.82) is 0 Å². The second kappa shape index (κ2) is 5.20. The molecular formula is C10H16OS. The maximum Gasteiger partial charge on any atom is 0.196 e. The highest BCUT2D eigenvalue weighted by atomic mass is 32.2. The fraction of sp³-hybridized carbons (Fsp3) is 0.500. The van der Waals surface area contributed by atoms with E-state index in [1.54, 1.807) is 6.08 Å². The summed E-state index contributed by atoms with van der Waals surface area (Å²) in [6.07, 6.45) is 9.23. The summed E-state index contributed by atoms with van der Waals surface area (Å²) >= 11 is 0. The van der Waals surface area contributed by atoms with Gasteiger partial charge in [-0.25, -0.2) is 0 Å². The molecule has 0 amide bonds. The second-order valence-corrected chi connectivity index (χ2v) is 5.07. The number of rotatable bonds is 4. The first-order chi connectivity index (χ1) is 5.84. The zero-order valence-corrected chi connectivity index (χ0v) is 8.39. The molecule has 1 heterocycles. The Morgan fingerprint density at radius 3 is 2.83 bits per heavy atom. The van der Waals surface area contributed by atoms with Crippen molar-refractivity contribution in [1.82, 2.24) is 0 Å². The lowest BCUT2D eigenvalue weighted by Crippen LogP contribution is -1.99. The molecule has 1 unspecified atom stereocenters. The molecule has 1 nitrogen and oxygen atoms in total. The van der Waals surface area contributed by atoms with Crippen molar-refractivity contribution in [3.63, 3.8) is 0 Å². The van der Waals surface area contributed by atoms with Crippen LogP contribution in [0, 0.1) is 0 Å². The summed E-state index contributed by atoms with van der Waals surface area (Å²) in [6, 6.07) is 0. The molecule has 0 aromatic carbocycles. The summed E-state index contributed by atoms with van der Waals surface area (Å²) < 4.78 is 0. The Morgan fingerprint density at radius 2 is 2.17 bits per heavy atom. The average molecular weight is 184 g/mol. The molecular weight excluding hydrogens is 168 g/mol. The Labute approximate surface area is 76.9 Å². The molecule has 1 aliphatic rings. The SMILES string of the molecule is CCCCC[SH]1C=CC=CC1=O. The van der Waals surface area contributed by atoms with Gasteiger partial charge in [-0.2, -0.15) is 10.9 Å². The van der Waals surface area contributed by atoms with Crippen LogP contribution in [-0.2, 0) is 4.79 Å².